The molecule has 4 nitrogen and oxygen atoms in total. The Morgan fingerprint density at radius 2 is 1.95 bits per heavy atom. The minimum atomic E-state index is -4.43. The van der Waals surface area contributed by atoms with Crippen molar-refractivity contribution in [2.75, 3.05) is 6.61 Å². The summed E-state index contributed by atoms with van der Waals surface area (Å²) in [6.45, 7) is -0.0243. The third kappa shape index (κ3) is 4.36. The van der Waals surface area contributed by atoms with Gasteiger partial charge in [-0.25, -0.2) is 4.79 Å². The number of urea groups is 1. The van der Waals surface area contributed by atoms with Crippen LogP contribution < -0.4 is 10.6 Å². The lowest BCUT2D eigenvalue weighted by Gasteiger charge is -2.27. The van der Waals surface area contributed by atoms with Crippen molar-refractivity contribution in [3.05, 3.63) is 12.2 Å². The van der Waals surface area contributed by atoms with Gasteiger partial charge in [0, 0.05) is 18.6 Å². The molecule has 3 N–H and O–H groups in total. The van der Waals surface area contributed by atoms with Crippen LogP contribution in [-0.4, -0.2) is 36.0 Å². The second-order valence-electron chi connectivity index (χ2n) is 5.85. The van der Waals surface area contributed by atoms with Gasteiger partial charge in [0.2, 0.25) is 0 Å². The van der Waals surface area contributed by atoms with Crippen molar-refractivity contribution >= 4 is 6.03 Å². The van der Waals surface area contributed by atoms with Crippen LogP contribution in [0.1, 0.15) is 32.1 Å². The van der Waals surface area contributed by atoms with Crippen LogP contribution in [0.2, 0.25) is 0 Å². The molecule has 0 bridgehead atoms. The van der Waals surface area contributed by atoms with Gasteiger partial charge in [-0.3, -0.25) is 0 Å². The summed E-state index contributed by atoms with van der Waals surface area (Å²) >= 11 is 0. The average molecular weight is 306 g/mol. The first-order valence-electron chi connectivity index (χ1n) is 7.33. The van der Waals surface area contributed by atoms with E-state index in [1.165, 1.54) is 0 Å². The zero-order chi connectivity index (χ0) is 15.5. The van der Waals surface area contributed by atoms with Crippen LogP contribution in [0.3, 0.4) is 0 Å². The number of amides is 2. The van der Waals surface area contributed by atoms with Gasteiger partial charge in [0.15, 0.2) is 0 Å². The molecule has 21 heavy (non-hydrogen) atoms. The lowest BCUT2D eigenvalue weighted by Crippen LogP contribution is -2.54. The summed E-state index contributed by atoms with van der Waals surface area (Å²) in [5.74, 6) is -0.566. The van der Waals surface area contributed by atoms with E-state index in [4.69, 9.17) is 5.11 Å². The number of hydrogen-bond acceptors (Lipinski definition) is 2. The normalized spacial score (nSPS) is 27.8. The van der Waals surface area contributed by atoms with E-state index in [9.17, 15) is 18.0 Å². The fraction of sp³-hybridized carbons (Fsp3) is 0.786. The van der Waals surface area contributed by atoms with Gasteiger partial charge in [-0.1, -0.05) is 25.0 Å². The quantitative estimate of drug-likeness (QED) is 0.698. The highest BCUT2D eigenvalue weighted by Crippen LogP contribution is 2.35. The maximum absolute atomic E-state index is 13.1. The number of rotatable bonds is 4. The first-order chi connectivity index (χ1) is 9.90. The van der Waals surface area contributed by atoms with Crippen LogP contribution in [0.4, 0.5) is 18.0 Å². The zero-order valence-electron chi connectivity index (χ0n) is 11.7. The van der Waals surface area contributed by atoms with Crippen molar-refractivity contribution in [2.24, 2.45) is 11.8 Å². The van der Waals surface area contributed by atoms with Gasteiger partial charge in [-0.2, -0.15) is 13.2 Å². The fourth-order valence-electron chi connectivity index (χ4n) is 3.13. The SMILES string of the molecule is O=C(N[C@@H]1C=C[C@H](CO)C1)N[C@@H](C1CCCC1)C(F)(F)F. The Morgan fingerprint density at radius 3 is 2.48 bits per heavy atom. The van der Waals surface area contributed by atoms with Gasteiger partial charge in [-0.05, 0) is 25.2 Å². The van der Waals surface area contributed by atoms with Gasteiger partial charge >= 0.3 is 12.2 Å². The van der Waals surface area contributed by atoms with Crippen LogP contribution in [0.5, 0.6) is 0 Å². The number of halogens is 3. The molecular weight excluding hydrogens is 285 g/mol. The Kier molecular flexibility index (Phi) is 5.13. The number of aliphatic hydroxyl groups is 1. The Morgan fingerprint density at radius 1 is 1.29 bits per heavy atom. The Balaban J connectivity index is 1.88. The molecule has 120 valence electrons. The molecule has 0 unspecified atom stereocenters. The molecular formula is C14H21F3N2O2. The van der Waals surface area contributed by atoms with Gasteiger partial charge in [-0.15, -0.1) is 0 Å². The smallest absolute Gasteiger partial charge is 0.396 e. The van der Waals surface area contributed by atoms with Gasteiger partial charge < -0.3 is 15.7 Å². The van der Waals surface area contributed by atoms with Crippen LogP contribution in [-0.2, 0) is 0 Å². The summed E-state index contributed by atoms with van der Waals surface area (Å²) in [6.07, 6.45) is 2.13. The van der Waals surface area contributed by atoms with E-state index in [-0.39, 0.29) is 18.6 Å². The van der Waals surface area contributed by atoms with E-state index < -0.39 is 24.2 Å². The highest BCUT2D eigenvalue weighted by atomic mass is 19.4. The Hall–Kier alpha value is -1.24. The molecule has 3 atom stereocenters. The van der Waals surface area contributed by atoms with Crippen molar-refractivity contribution < 1.29 is 23.1 Å². The minimum Gasteiger partial charge on any atom is -0.396 e. The third-order valence-corrected chi connectivity index (χ3v) is 4.23. The van der Waals surface area contributed by atoms with Gasteiger partial charge in [0.05, 0.1) is 0 Å². The van der Waals surface area contributed by atoms with Gasteiger partial charge in [0.1, 0.15) is 6.04 Å². The van der Waals surface area contributed by atoms with Crippen LogP contribution in [0, 0.1) is 11.8 Å². The summed E-state index contributed by atoms with van der Waals surface area (Å²) in [4.78, 5) is 11.8. The van der Waals surface area contributed by atoms with E-state index in [1.54, 1.807) is 12.2 Å². The van der Waals surface area contributed by atoms with E-state index in [2.05, 4.69) is 10.6 Å². The van der Waals surface area contributed by atoms with Crippen molar-refractivity contribution in [3.8, 4) is 0 Å². The first-order valence-corrected chi connectivity index (χ1v) is 7.33. The van der Waals surface area contributed by atoms with Gasteiger partial charge in [0.25, 0.3) is 0 Å². The molecule has 0 radical (unpaired) electrons. The Labute approximate surface area is 121 Å². The number of nitrogens with one attached hydrogen (secondary N) is 2. The summed E-state index contributed by atoms with van der Waals surface area (Å²) in [6, 6.07) is -2.89. The number of carbonyl (C=O) groups is 1. The van der Waals surface area contributed by atoms with Crippen molar-refractivity contribution in [2.45, 2.75) is 50.4 Å². The highest BCUT2D eigenvalue weighted by Gasteiger charge is 2.46. The third-order valence-electron chi connectivity index (χ3n) is 4.23. The second-order valence-corrected chi connectivity index (χ2v) is 5.85. The monoisotopic (exact) mass is 306 g/mol. The van der Waals surface area contributed by atoms with E-state index in [1.807, 2.05) is 0 Å². The molecule has 0 saturated heterocycles. The van der Waals surface area contributed by atoms with E-state index in [0.717, 1.165) is 12.8 Å². The minimum absolute atomic E-state index is 0.0243. The molecule has 2 aliphatic rings. The molecule has 0 heterocycles. The van der Waals surface area contributed by atoms with E-state index >= 15 is 0 Å². The van der Waals surface area contributed by atoms with E-state index in [0.29, 0.717) is 19.3 Å². The van der Waals surface area contributed by atoms with Crippen LogP contribution in [0.15, 0.2) is 12.2 Å². The molecule has 2 amide bonds. The second kappa shape index (κ2) is 6.68. The summed E-state index contributed by atoms with van der Waals surface area (Å²) < 4.78 is 39.2. The standard InChI is InChI=1S/C14H21F3N2O2/c15-14(16,17)12(10-3-1-2-4-10)19-13(21)18-11-6-5-9(7-11)8-20/h5-6,9-12,20H,1-4,7-8H2,(H2,18,19,21)/t9-,11+,12-/m0/s1. The Bertz CT molecular complexity index is 392. The predicted molar refractivity (Wildman–Crippen MR) is 71.6 cm³/mol. The summed E-state index contributed by atoms with van der Waals surface area (Å²) in [7, 11) is 0. The molecule has 7 heteroatoms. The molecule has 2 aliphatic carbocycles. The number of alkyl halides is 3. The van der Waals surface area contributed by atoms with Crippen LogP contribution in [0.25, 0.3) is 0 Å². The number of carbonyl (C=O) groups excluding carboxylic acids is 1. The fourth-order valence-corrected chi connectivity index (χ4v) is 3.13. The van der Waals surface area contributed by atoms with Crippen molar-refractivity contribution in [3.63, 3.8) is 0 Å². The number of hydrogen-bond donors (Lipinski definition) is 3. The molecule has 0 aromatic carbocycles. The molecule has 1 fully saturated rings. The average Bonchev–Trinajstić information content (AvgIpc) is 3.05. The van der Waals surface area contributed by atoms with Crippen molar-refractivity contribution in [1.82, 2.24) is 10.6 Å². The molecule has 0 aromatic rings. The summed E-state index contributed by atoms with van der Waals surface area (Å²) in [5.41, 5.74) is 0. The highest BCUT2D eigenvalue weighted by molar-refractivity contribution is 5.75. The molecule has 0 spiro atoms. The van der Waals surface area contributed by atoms with Crippen LogP contribution >= 0.6 is 0 Å². The zero-order valence-corrected chi connectivity index (χ0v) is 11.7. The lowest BCUT2D eigenvalue weighted by molar-refractivity contribution is -0.164. The molecule has 0 aromatic heterocycles. The first kappa shape index (κ1) is 16.1. The lowest BCUT2D eigenvalue weighted by atomic mass is 9.98. The number of aliphatic hydroxyl groups excluding tert-OH is 1. The molecule has 2 rings (SSSR count). The molecule has 1 saturated carbocycles. The van der Waals surface area contributed by atoms with Crippen molar-refractivity contribution in [1.29, 1.82) is 0 Å². The predicted octanol–water partition coefficient (Wildman–Crippen LogP) is 2.34. The topological polar surface area (TPSA) is 61.4 Å². The summed E-state index contributed by atoms with van der Waals surface area (Å²) in [5, 5.41) is 13.6. The molecule has 0 aliphatic heterocycles. The largest absolute Gasteiger partial charge is 0.408 e. The maximum Gasteiger partial charge on any atom is 0.408 e. The maximum atomic E-state index is 13.1.